The fourth-order valence-corrected chi connectivity index (χ4v) is 1.82. The third-order valence-corrected chi connectivity index (χ3v) is 2.60. The first-order chi connectivity index (χ1) is 7.74. The van der Waals surface area contributed by atoms with Crippen LogP contribution in [0.15, 0.2) is 35.1 Å². The van der Waals surface area contributed by atoms with Crippen LogP contribution in [0.4, 0.5) is 0 Å². The van der Waals surface area contributed by atoms with E-state index in [-0.39, 0.29) is 5.56 Å². The van der Waals surface area contributed by atoms with Gasteiger partial charge in [-0.15, -0.1) is 0 Å². The Hall–Kier alpha value is -1.81. The summed E-state index contributed by atoms with van der Waals surface area (Å²) in [6, 6.07) is 9.81. The maximum atomic E-state index is 11.8. The summed E-state index contributed by atoms with van der Waals surface area (Å²) >= 11 is 0. The molecule has 0 fully saturated rings. The zero-order valence-corrected chi connectivity index (χ0v) is 9.23. The monoisotopic (exact) mass is 217 g/mol. The lowest BCUT2D eigenvalue weighted by Crippen LogP contribution is -2.17. The summed E-state index contributed by atoms with van der Waals surface area (Å²) < 4.78 is 1.49. The Bertz CT molecular complexity index is 525. The molecule has 0 atom stereocenters. The van der Waals surface area contributed by atoms with Gasteiger partial charge in [-0.1, -0.05) is 30.3 Å². The largest absolute Gasteiger partial charge is 0.330 e. The van der Waals surface area contributed by atoms with Crippen LogP contribution in [-0.4, -0.2) is 16.3 Å². The molecule has 0 saturated carbocycles. The number of nitrogens with two attached hydrogens (primary N) is 1. The fraction of sp³-hybridized carbons (Fsp3) is 0.250. The minimum Gasteiger partial charge on any atom is -0.330 e. The topological polar surface area (TPSA) is 63.8 Å². The highest BCUT2D eigenvalue weighted by Gasteiger charge is 2.12. The van der Waals surface area contributed by atoms with Crippen molar-refractivity contribution in [3.8, 4) is 11.3 Å². The molecule has 1 aromatic heterocycles. The van der Waals surface area contributed by atoms with Gasteiger partial charge in [-0.2, -0.15) is 0 Å². The molecule has 3 N–H and O–H groups in total. The molecule has 84 valence electrons. The number of rotatable bonds is 3. The number of aromatic amines is 1. The van der Waals surface area contributed by atoms with Gasteiger partial charge >= 0.3 is 0 Å². The van der Waals surface area contributed by atoms with E-state index >= 15 is 0 Å². The van der Waals surface area contributed by atoms with Crippen LogP contribution in [0.5, 0.6) is 0 Å². The number of nitrogens with zero attached hydrogens (tertiary/aromatic N) is 1. The number of aryl methyl sites for hydroxylation is 1. The van der Waals surface area contributed by atoms with Gasteiger partial charge in [0.05, 0.1) is 5.69 Å². The van der Waals surface area contributed by atoms with Crippen molar-refractivity contribution in [2.24, 2.45) is 12.8 Å². The average molecular weight is 217 g/mol. The van der Waals surface area contributed by atoms with Gasteiger partial charge in [0, 0.05) is 12.6 Å². The van der Waals surface area contributed by atoms with Gasteiger partial charge in [-0.05, 0) is 18.5 Å². The lowest BCUT2D eigenvalue weighted by Gasteiger charge is -2.00. The number of nitrogens with one attached hydrogen (secondary N) is 1. The van der Waals surface area contributed by atoms with Crippen LogP contribution in [0.25, 0.3) is 11.3 Å². The molecule has 1 heterocycles. The molecule has 0 saturated heterocycles. The molecule has 0 amide bonds. The number of hydrogen-bond donors (Lipinski definition) is 2. The van der Waals surface area contributed by atoms with Crippen LogP contribution in [0.1, 0.15) is 5.56 Å². The summed E-state index contributed by atoms with van der Waals surface area (Å²) in [5.74, 6) is 0. The summed E-state index contributed by atoms with van der Waals surface area (Å²) in [5, 5.41) is 3.06. The highest BCUT2D eigenvalue weighted by Crippen LogP contribution is 2.18. The van der Waals surface area contributed by atoms with E-state index in [9.17, 15) is 4.79 Å². The van der Waals surface area contributed by atoms with E-state index in [4.69, 9.17) is 5.73 Å². The molecular formula is C12H15N3O. The van der Waals surface area contributed by atoms with E-state index < -0.39 is 0 Å². The van der Waals surface area contributed by atoms with Crippen molar-refractivity contribution < 1.29 is 0 Å². The molecule has 2 aromatic rings. The summed E-state index contributed by atoms with van der Waals surface area (Å²) in [7, 11) is 1.72. The van der Waals surface area contributed by atoms with E-state index in [0.29, 0.717) is 13.0 Å². The Morgan fingerprint density at radius 2 is 2.00 bits per heavy atom. The molecule has 0 aliphatic heterocycles. The third-order valence-electron chi connectivity index (χ3n) is 2.60. The quantitative estimate of drug-likeness (QED) is 0.801. The first-order valence-corrected chi connectivity index (χ1v) is 5.27. The normalized spacial score (nSPS) is 10.6. The zero-order chi connectivity index (χ0) is 11.5. The SMILES string of the molecule is Cn1[nH]c(-c2ccccc2)c(CCN)c1=O. The van der Waals surface area contributed by atoms with E-state index in [1.807, 2.05) is 30.3 Å². The maximum Gasteiger partial charge on any atom is 0.270 e. The minimum atomic E-state index is 0.00398. The lowest BCUT2D eigenvalue weighted by atomic mass is 10.1. The smallest absolute Gasteiger partial charge is 0.270 e. The number of aromatic nitrogens is 2. The van der Waals surface area contributed by atoms with E-state index in [2.05, 4.69) is 5.10 Å². The van der Waals surface area contributed by atoms with Crippen LogP contribution in [-0.2, 0) is 13.5 Å². The van der Waals surface area contributed by atoms with Gasteiger partial charge in [0.2, 0.25) is 0 Å². The van der Waals surface area contributed by atoms with Crippen LogP contribution < -0.4 is 11.3 Å². The van der Waals surface area contributed by atoms with Crippen LogP contribution in [0, 0.1) is 0 Å². The molecule has 0 unspecified atom stereocenters. The summed E-state index contributed by atoms with van der Waals surface area (Å²) in [4.78, 5) is 11.8. The Morgan fingerprint density at radius 1 is 1.31 bits per heavy atom. The van der Waals surface area contributed by atoms with Crippen LogP contribution in [0.2, 0.25) is 0 Å². The van der Waals surface area contributed by atoms with Crippen molar-refractivity contribution in [3.63, 3.8) is 0 Å². The molecule has 0 radical (unpaired) electrons. The second kappa shape index (κ2) is 4.37. The standard InChI is InChI=1S/C12H15N3O/c1-15-12(16)10(7-8-13)11(14-15)9-5-3-2-4-6-9/h2-6,14H,7-8,13H2,1H3. The van der Waals surface area contributed by atoms with E-state index in [0.717, 1.165) is 16.8 Å². The Morgan fingerprint density at radius 3 is 2.62 bits per heavy atom. The van der Waals surface area contributed by atoms with Gasteiger partial charge in [0.25, 0.3) is 5.56 Å². The molecule has 0 aliphatic rings. The van der Waals surface area contributed by atoms with E-state index in [1.165, 1.54) is 4.68 Å². The van der Waals surface area contributed by atoms with Crippen LogP contribution in [0.3, 0.4) is 0 Å². The average Bonchev–Trinajstić information content (AvgIpc) is 2.59. The number of H-pyrrole nitrogens is 1. The molecule has 16 heavy (non-hydrogen) atoms. The molecule has 4 nitrogen and oxygen atoms in total. The van der Waals surface area contributed by atoms with Crippen molar-refractivity contribution in [1.82, 2.24) is 9.78 Å². The number of hydrogen-bond acceptors (Lipinski definition) is 2. The molecule has 4 heteroatoms. The van der Waals surface area contributed by atoms with Crippen LogP contribution >= 0.6 is 0 Å². The predicted octanol–water partition coefficient (Wildman–Crippen LogP) is 0.882. The molecule has 0 bridgehead atoms. The van der Waals surface area contributed by atoms with Crippen molar-refractivity contribution in [2.45, 2.75) is 6.42 Å². The van der Waals surface area contributed by atoms with Crippen molar-refractivity contribution in [1.29, 1.82) is 0 Å². The highest BCUT2D eigenvalue weighted by atomic mass is 16.1. The molecule has 0 spiro atoms. The third kappa shape index (κ3) is 1.79. The minimum absolute atomic E-state index is 0.00398. The van der Waals surface area contributed by atoms with E-state index in [1.54, 1.807) is 7.05 Å². The molecular weight excluding hydrogens is 202 g/mol. The molecule has 2 rings (SSSR count). The summed E-state index contributed by atoms with van der Waals surface area (Å²) in [6.45, 7) is 0.479. The molecule has 1 aromatic carbocycles. The summed E-state index contributed by atoms with van der Waals surface area (Å²) in [5.41, 5.74) is 8.18. The fourth-order valence-electron chi connectivity index (χ4n) is 1.82. The first-order valence-electron chi connectivity index (χ1n) is 5.27. The lowest BCUT2D eigenvalue weighted by molar-refractivity contribution is 0.739. The first kappa shape index (κ1) is 10.7. The van der Waals surface area contributed by atoms with Crippen molar-refractivity contribution in [2.75, 3.05) is 6.54 Å². The Labute approximate surface area is 93.7 Å². The summed E-state index contributed by atoms with van der Waals surface area (Å²) in [6.07, 6.45) is 0.598. The van der Waals surface area contributed by atoms with Gasteiger partial charge in [0.15, 0.2) is 0 Å². The Balaban J connectivity index is 2.57. The Kier molecular flexibility index (Phi) is 2.92. The maximum absolute atomic E-state index is 11.8. The second-order valence-electron chi connectivity index (χ2n) is 3.73. The van der Waals surface area contributed by atoms with Crippen molar-refractivity contribution in [3.05, 3.63) is 46.2 Å². The number of benzene rings is 1. The van der Waals surface area contributed by atoms with Gasteiger partial charge in [0.1, 0.15) is 0 Å². The zero-order valence-electron chi connectivity index (χ0n) is 9.23. The van der Waals surface area contributed by atoms with Crippen molar-refractivity contribution >= 4 is 0 Å². The molecule has 0 aliphatic carbocycles. The van der Waals surface area contributed by atoms with Gasteiger partial charge < -0.3 is 5.73 Å². The second-order valence-corrected chi connectivity index (χ2v) is 3.73. The highest BCUT2D eigenvalue weighted by molar-refractivity contribution is 5.62. The predicted molar refractivity (Wildman–Crippen MR) is 64.2 cm³/mol. The van der Waals surface area contributed by atoms with Gasteiger partial charge in [-0.25, -0.2) is 0 Å². The van der Waals surface area contributed by atoms with Gasteiger partial charge in [-0.3, -0.25) is 14.6 Å².